The number of carbonyl (C=O) groups excluding carboxylic acids is 1. The minimum absolute atomic E-state index is 0.0742. The normalized spacial score (nSPS) is 17.3. The van der Waals surface area contributed by atoms with Gasteiger partial charge in [0.15, 0.2) is 0 Å². The van der Waals surface area contributed by atoms with Crippen LogP contribution in [-0.2, 0) is 9.59 Å². The first-order chi connectivity index (χ1) is 9.08. The molecule has 1 rings (SSSR count). The summed E-state index contributed by atoms with van der Waals surface area (Å²) in [5.41, 5.74) is 0. The maximum atomic E-state index is 11.6. The predicted octanol–water partition coefficient (Wildman–Crippen LogP) is 1.53. The van der Waals surface area contributed by atoms with Gasteiger partial charge in [-0.25, -0.2) is 0 Å². The summed E-state index contributed by atoms with van der Waals surface area (Å²) in [4.78, 5) is 22.0. The number of nitrogens with one attached hydrogen (secondary N) is 2. The van der Waals surface area contributed by atoms with E-state index in [0.29, 0.717) is 24.9 Å². The van der Waals surface area contributed by atoms with E-state index in [1.54, 1.807) is 0 Å². The Labute approximate surface area is 115 Å². The highest BCUT2D eigenvalue weighted by atomic mass is 16.4. The molecule has 0 aromatic carbocycles. The molecule has 110 valence electrons. The van der Waals surface area contributed by atoms with Crippen LogP contribution in [0.1, 0.15) is 51.9 Å². The van der Waals surface area contributed by atoms with Crippen LogP contribution >= 0.6 is 0 Å². The number of rotatable bonds is 9. The highest BCUT2D eigenvalue weighted by Crippen LogP contribution is 2.17. The van der Waals surface area contributed by atoms with Crippen molar-refractivity contribution in [2.45, 2.75) is 57.9 Å². The lowest BCUT2D eigenvalue weighted by Crippen LogP contribution is -2.39. The van der Waals surface area contributed by atoms with E-state index in [-0.39, 0.29) is 12.3 Å². The van der Waals surface area contributed by atoms with Crippen LogP contribution in [0.5, 0.6) is 0 Å². The van der Waals surface area contributed by atoms with Gasteiger partial charge in [-0.05, 0) is 38.1 Å². The minimum atomic E-state index is -0.740. The maximum absolute atomic E-state index is 11.6. The van der Waals surface area contributed by atoms with Gasteiger partial charge in [-0.2, -0.15) is 0 Å². The molecule has 1 unspecified atom stereocenters. The number of amides is 1. The SMILES string of the molecule is CC(CCNCC(=O)NC1CCCC1)CCC(=O)O. The lowest BCUT2D eigenvalue weighted by Gasteiger charge is -2.13. The summed E-state index contributed by atoms with van der Waals surface area (Å²) in [6, 6.07) is 0.379. The van der Waals surface area contributed by atoms with Gasteiger partial charge in [0.05, 0.1) is 6.54 Å². The van der Waals surface area contributed by atoms with Crippen molar-refractivity contribution < 1.29 is 14.7 Å². The number of hydrogen-bond acceptors (Lipinski definition) is 3. The molecule has 1 aliphatic rings. The van der Waals surface area contributed by atoms with Crippen molar-refractivity contribution in [3.63, 3.8) is 0 Å². The Kier molecular flexibility index (Phi) is 7.48. The number of carboxylic acids is 1. The first-order valence-electron chi connectivity index (χ1n) is 7.30. The summed E-state index contributed by atoms with van der Waals surface area (Å²) in [5.74, 6) is -0.290. The molecular formula is C14H26N2O3. The molecule has 5 heteroatoms. The van der Waals surface area contributed by atoms with Gasteiger partial charge in [0.1, 0.15) is 0 Å². The Morgan fingerprint density at radius 3 is 2.58 bits per heavy atom. The van der Waals surface area contributed by atoms with Crippen molar-refractivity contribution in [2.75, 3.05) is 13.1 Å². The average molecular weight is 270 g/mol. The molecule has 0 saturated heterocycles. The van der Waals surface area contributed by atoms with Crippen molar-refractivity contribution in [3.8, 4) is 0 Å². The van der Waals surface area contributed by atoms with E-state index in [1.807, 2.05) is 6.92 Å². The molecule has 1 saturated carbocycles. The lowest BCUT2D eigenvalue weighted by molar-refractivity contribution is -0.137. The van der Waals surface area contributed by atoms with E-state index in [4.69, 9.17) is 5.11 Å². The van der Waals surface area contributed by atoms with Gasteiger partial charge in [-0.3, -0.25) is 9.59 Å². The average Bonchev–Trinajstić information content (AvgIpc) is 2.85. The van der Waals surface area contributed by atoms with E-state index in [9.17, 15) is 9.59 Å². The summed E-state index contributed by atoms with van der Waals surface area (Å²) < 4.78 is 0. The highest BCUT2D eigenvalue weighted by Gasteiger charge is 2.16. The van der Waals surface area contributed by atoms with Crippen molar-refractivity contribution in [1.29, 1.82) is 0 Å². The molecule has 19 heavy (non-hydrogen) atoms. The monoisotopic (exact) mass is 270 g/mol. The summed E-state index contributed by atoms with van der Waals surface area (Å²) >= 11 is 0. The summed E-state index contributed by atoms with van der Waals surface area (Å²) in [6.07, 6.45) is 6.49. The first-order valence-corrected chi connectivity index (χ1v) is 7.30. The Balaban J connectivity index is 1.97. The molecule has 3 N–H and O–H groups in total. The fraction of sp³-hybridized carbons (Fsp3) is 0.857. The maximum Gasteiger partial charge on any atom is 0.303 e. The van der Waals surface area contributed by atoms with Gasteiger partial charge in [0.2, 0.25) is 5.91 Å². The van der Waals surface area contributed by atoms with Crippen LogP contribution in [0.25, 0.3) is 0 Å². The van der Waals surface area contributed by atoms with Crippen molar-refractivity contribution in [3.05, 3.63) is 0 Å². The molecule has 0 heterocycles. The number of carboxylic acid groups (broad SMARTS) is 1. The van der Waals surface area contributed by atoms with E-state index in [2.05, 4.69) is 10.6 Å². The molecular weight excluding hydrogens is 244 g/mol. The van der Waals surface area contributed by atoms with Crippen LogP contribution in [0.2, 0.25) is 0 Å². The van der Waals surface area contributed by atoms with Crippen LogP contribution < -0.4 is 10.6 Å². The lowest BCUT2D eigenvalue weighted by atomic mass is 10.0. The zero-order valence-electron chi connectivity index (χ0n) is 11.8. The fourth-order valence-corrected chi connectivity index (χ4v) is 2.41. The van der Waals surface area contributed by atoms with E-state index in [0.717, 1.165) is 25.8 Å². The van der Waals surface area contributed by atoms with Gasteiger partial charge in [0.25, 0.3) is 0 Å². The van der Waals surface area contributed by atoms with E-state index in [1.165, 1.54) is 12.8 Å². The van der Waals surface area contributed by atoms with Gasteiger partial charge >= 0.3 is 5.97 Å². The van der Waals surface area contributed by atoms with Crippen LogP contribution in [0.15, 0.2) is 0 Å². The number of hydrogen-bond donors (Lipinski definition) is 3. The van der Waals surface area contributed by atoms with Crippen molar-refractivity contribution in [2.24, 2.45) is 5.92 Å². The largest absolute Gasteiger partial charge is 0.481 e. The molecule has 0 spiro atoms. The Morgan fingerprint density at radius 1 is 1.26 bits per heavy atom. The Morgan fingerprint density at radius 2 is 1.95 bits per heavy atom. The highest BCUT2D eigenvalue weighted by molar-refractivity contribution is 5.78. The topological polar surface area (TPSA) is 78.4 Å². The zero-order valence-corrected chi connectivity index (χ0v) is 11.8. The third-order valence-electron chi connectivity index (χ3n) is 3.67. The van der Waals surface area contributed by atoms with Gasteiger partial charge in [-0.1, -0.05) is 19.8 Å². The van der Waals surface area contributed by atoms with Crippen LogP contribution in [-0.4, -0.2) is 36.1 Å². The third kappa shape index (κ3) is 7.82. The Bertz CT molecular complexity index is 288. The zero-order chi connectivity index (χ0) is 14.1. The second-order valence-electron chi connectivity index (χ2n) is 5.55. The smallest absolute Gasteiger partial charge is 0.303 e. The predicted molar refractivity (Wildman–Crippen MR) is 73.9 cm³/mol. The molecule has 1 fully saturated rings. The summed E-state index contributed by atoms with van der Waals surface area (Å²) in [7, 11) is 0. The van der Waals surface area contributed by atoms with Crippen LogP contribution in [0.3, 0.4) is 0 Å². The third-order valence-corrected chi connectivity index (χ3v) is 3.67. The molecule has 5 nitrogen and oxygen atoms in total. The van der Waals surface area contributed by atoms with Gasteiger partial charge in [0, 0.05) is 12.5 Å². The Hall–Kier alpha value is -1.10. The first kappa shape index (κ1) is 16.0. The van der Waals surface area contributed by atoms with E-state index >= 15 is 0 Å². The second-order valence-corrected chi connectivity index (χ2v) is 5.55. The molecule has 0 radical (unpaired) electrons. The molecule has 1 aliphatic carbocycles. The fourth-order valence-electron chi connectivity index (χ4n) is 2.41. The van der Waals surface area contributed by atoms with Crippen LogP contribution in [0.4, 0.5) is 0 Å². The molecule has 1 atom stereocenters. The van der Waals surface area contributed by atoms with E-state index < -0.39 is 5.97 Å². The van der Waals surface area contributed by atoms with Crippen molar-refractivity contribution >= 4 is 11.9 Å². The standard InChI is InChI=1S/C14H26N2O3/c1-11(6-7-14(18)19)8-9-15-10-13(17)16-12-4-2-3-5-12/h11-12,15H,2-10H2,1H3,(H,16,17)(H,18,19). The molecule has 0 bridgehead atoms. The molecule has 0 aliphatic heterocycles. The number of aliphatic carboxylic acids is 1. The summed E-state index contributed by atoms with van der Waals surface area (Å²) in [6.45, 7) is 3.17. The quantitative estimate of drug-likeness (QED) is 0.555. The van der Waals surface area contributed by atoms with Crippen molar-refractivity contribution in [1.82, 2.24) is 10.6 Å². The summed E-state index contributed by atoms with van der Waals surface area (Å²) in [5, 5.41) is 14.7. The molecule has 0 aromatic rings. The molecule has 1 amide bonds. The van der Waals surface area contributed by atoms with Gasteiger partial charge < -0.3 is 15.7 Å². The molecule has 0 aromatic heterocycles. The van der Waals surface area contributed by atoms with Crippen LogP contribution in [0, 0.1) is 5.92 Å². The van der Waals surface area contributed by atoms with Gasteiger partial charge in [-0.15, -0.1) is 0 Å². The number of carbonyl (C=O) groups is 2. The second kappa shape index (κ2) is 8.91. The minimum Gasteiger partial charge on any atom is -0.481 e.